The van der Waals surface area contributed by atoms with Crippen LogP contribution in [0.1, 0.15) is 23.1 Å². The smallest absolute Gasteiger partial charge is 0.243 e. The van der Waals surface area contributed by atoms with Crippen LogP contribution >= 0.6 is 0 Å². The fraction of sp³-hybridized carbons (Fsp3) is 0.526. The molecule has 0 radical (unpaired) electrons. The van der Waals surface area contributed by atoms with Crippen molar-refractivity contribution >= 4 is 25.8 Å². The highest BCUT2D eigenvalue weighted by Crippen LogP contribution is 2.26. The Bertz CT molecular complexity index is 997. The number of allylic oxidation sites excluding steroid dienone is 1. The van der Waals surface area contributed by atoms with Crippen molar-refractivity contribution < 1.29 is 21.6 Å². The molecule has 0 aliphatic carbocycles. The van der Waals surface area contributed by atoms with Crippen molar-refractivity contribution in [2.45, 2.75) is 32.1 Å². The van der Waals surface area contributed by atoms with Crippen molar-refractivity contribution in [3.05, 3.63) is 40.3 Å². The summed E-state index contributed by atoms with van der Waals surface area (Å²) in [6, 6.07) is 3.73. The van der Waals surface area contributed by atoms with Gasteiger partial charge in [0, 0.05) is 43.9 Å². The van der Waals surface area contributed by atoms with Gasteiger partial charge in [-0.3, -0.25) is 4.79 Å². The molecule has 1 aromatic rings. The average molecular weight is 427 g/mol. The fourth-order valence-corrected chi connectivity index (χ4v) is 7.23. The molecule has 2 heterocycles. The summed E-state index contributed by atoms with van der Waals surface area (Å²) in [5.41, 5.74) is 2.47. The van der Waals surface area contributed by atoms with Crippen LogP contribution < -0.4 is 0 Å². The van der Waals surface area contributed by atoms with Crippen LogP contribution in [0, 0.1) is 26.7 Å². The molecule has 1 amide bonds. The molecule has 2 aliphatic rings. The van der Waals surface area contributed by atoms with Crippen molar-refractivity contribution in [2.24, 2.45) is 5.92 Å². The number of amides is 1. The van der Waals surface area contributed by atoms with Gasteiger partial charge in [0.15, 0.2) is 9.84 Å². The van der Waals surface area contributed by atoms with E-state index in [0.717, 1.165) is 16.7 Å². The van der Waals surface area contributed by atoms with Crippen LogP contribution in [0.2, 0.25) is 0 Å². The van der Waals surface area contributed by atoms with Crippen molar-refractivity contribution in [2.75, 3.05) is 31.9 Å². The molecular formula is C19H26N2O5S2. The number of piperazine rings is 1. The Balaban J connectivity index is 1.65. The number of hydrogen-bond donors (Lipinski definition) is 0. The minimum Gasteiger partial charge on any atom is -0.340 e. The van der Waals surface area contributed by atoms with Crippen LogP contribution in [-0.4, -0.2) is 63.9 Å². The van der Waals surface area contributed by atoms with E-state index >= 15 is 0 Å². The van der Waals surface area contributed by atoms with Gasteiger partial charge in [0.25, 0.3) is 0 Å². The zero-order valence-electron chi connectivity index (χ0n) is 16.4. The Morgan fingerprint density at radius 2 is 1.64 bits per heavy atom. The van der Waals surface area contributed by atoms with Gasteiger partial charge >= 0.3 is 0 Å². The summed E-state index contributed by atoms with van der Waals surface area (Å²) in [4.78, 5) is 14.4. The molecule has 1 fully saturated rings. The van der Waals surface area contributed by atoms with Gasteiger partial charge in [-0.2, -0.15) is 4.31 Å². The maximum absolute atomic E-state index is 13.1. The second-order valence-electron chi connectivity index (χ2n) is 7.63. The molecule has 2 aliphatic heterocycles. The van der Waals surface area contributed by atoms with E-state index in [1.165, 1.54) is 9.71 Å². The van der Waals surface area contributed by atoms with Gasteiger partial charge in [0.2, 0.25) is 15.9 Å². The molecule has 9 heteroatoms. The van der Waals surface area contributed by atoms with Crippen LogP contribution in [0.5, 0.6) is 0 Å². The Hall–Kier alpha value is -1.71. The highest BCUT2D eigenvalue weighted by molar-refractivity contribution is 7.94. The number of sulfonamides is 1. The summed E-state index contributed by atoms with van der Waals surface area (Å²) in [5, 5.41) is 1.17. The summed E-state index contributed by atoms with van der Waals surface area (Å²) < 4.78 is 50.6. The molecule has 7 nitrogen and oxygen atoms in total. The van der Waals surface area contributed by atoms with Gasteiger partial charge in [-0.05, 0) is 31.9 Å². The number of aryl methyl sites for hydroxylation is 3. The number of nitrogens with zero attached hydrogens (tertiary/aromatic N) is 2. The van der Waals surface area contributed by atoms with Crippen LogP contribution in [0.25, 0.3) is 0 Å². The first-order valence-corrected chi connectivity index (χ1v) is 12.4. The molecule has 0 spiro atoms. The van der Waals surface area contributed by atoms with Crippen molar-refractivity contribution in [3.63, 3.8) is 0 Å². The first-order chi connectivity index (χ1) is 13.0. The number of carbonyl (C=O) groups excluding carboxylic acids is 1. The number of benzene rings is 1. The summed E-state index contributed by atoms with van der Waals surface area (Å²) >= 11 is 0. The van der Waals surface area contributed by atoms with Gasteiger partial charge in [0.05, 0.1) is 10.6 Å². The maximum Gasteiger partial charge on any atom is 0.243 e. The topological polar surface area (TPSA) is 91.8 Å². The quantitative estimate of drug-likeness (QED) is 0.726. The lowest BCUT2D eigenvalue weighted by Crippen LogP contribution is -2.51. The lowest BCUT2D eigenvalue weighted by molar-refractivity contribution is -0.132. The normalized spacial score (nSPS) is 22.5. The predicted octanol–water partition coefficient (Wildman–Crippen LogP) is 1.39. The monoisotopic (exact) mass is 426 g/mol. The van der Waals surface area contributed by atoms with Gasteiger partial charge in [-0.25, -0.2) is 16.8 Å². The first-order valence-electron chi connectivity index (χ1n) is 9.26. The predicted molar refractivity (Wildman–Crippen MR) is 107 cm³/mol. The third-order valence-electron chi connectivity index (χ3n) is 5.24. The SMILES string of the molecule is Cc1cc(C)c(S(=O)(=O)N2CCN(C(=O)C[C@@H]3C=CS(=O)(=O)C3)CC2)c(C)c1. The largest absolute Gasteiger partial charge is 0.340 e. The minimum absolute atomic E-state index is 0.0287. The maximum atomic E-state index is 13.1. The molecule has 0 unspecified atom stereocenters. The van der Waals surface area contributed by atoms with E-state index in [-0.39, 0.29) is 37.1 Å². The van der Waals surface area contributed by atoms with Crippen LogP contribution in [0.3, 0.4) is 0 Å². The molecule has 0 N–H and O–H groups in total. The molecule has 1 atom stereocenters. The lowest BCUT2D eigenvalue weighted by Gasteiger charge is -2.35. The molecule has 28 heavy (non-hydrogen) atoms. The molecule has 3 rings (SSSR count). The number of rotatable bonds is 4. The van der Waals surface area contributed by atoms with E-state index < -0.39 is 19.9 Å². The van der Waals surface area contributed by atoms with Crippen molar-refractivity contribution in [1.82, 2.24) is 9.21 Å². The summed E-state index contributed by atoms with van der Waals surface area (Å²) in [5.74, 6) is -0.456. The average Bonchev–Trinajstić information content (AvgIpc) is 2.92. The summed E-state index contributed by atoms with van der Waals surface area (Å²) in [7, 11) is -6.80. The Morgan fingerprint density at radius 3 is 2.14 bits per heavy atom. The van der Waals surface area contributed by atoms with Gasteiger partial charge in [0.1, 0.15) is 0 Å². The standard InChI is InChI=1S/C19H26N2O5S2/c1-14-10-15(2)19(16(3)11-14)28(25,26)21-7-5-20(6-8-21)18(22)12-17-4-9-27(23,24)13-17/h4,9-11,17H,5-8,12-13H2,1-3H3/t17-/m0/s1. The van der Waals surface area contributed by atoms with Gasteiger partial charge < -0.3 is 4.90 Å². The van der Waals surface area contributed by atoms with E-state index in [9.17, 15) is 21.6 Å². The van der Waals surface area contributed by atoms with E-state index in [2.05, 4.69) is 0 Å². The zero-order chi connectivity index (χ0) is 20.7. The molecule has 0 saturated carbocycles. The molecule has 1 saturated heterocycles. The van der Waals surface area contributed by atoms with Crippen LogP contribution in [0.15, 0.2) is 28.5 Å². The Labute approximate surface area is 167 Å². The van der Waals surface area contributed by atoms with E-state index in [1.807, 2.05) is 19.1 Å². The highest BCUT2D eigenvalue weighted by Gasteiger charge is 2.33. The molecular weight excluding hydrogens is 400 g/mol. The summed E-state index contributed by atoms with van der Waals surface area (Å²) in [6.45, 7) is 6.63. The number of carbonyl (C=O) groups is 1. The highest BCUT2D eigenvalue weighted by atomic mass is 32.2. The van der Waals surface area contributed by atoms with Crippen LogP contribution in [0.4, 0.5) is 0 Å². The van der Waals surface area contributed by atoms with E-state index in [1.54, 1.807) is 24.8 Å². The fourth-order valence-electron chi connectivity index (χ4n) is 4.00. The van der Waals surface area contributed by atoms with Gasteiger partial charge in [-0.1, -0.05) is 23.8 Å². The second kappa shape index (κ2) is 7.61. The van der Waals surface area contributed by atoms with E-state index in [4.69, 9.17) is 0 Å². The second-order valence-corrected chi connectivity index (χ2v) is 11.4. The van der Waals surface area contributed by atoms with Crippen molar-refractivity contribution in [3.8, 4) is 0 Å². The Morgan fingerprint density at radius 1 is 1.07 bits per heavy atom. The molecule has 154 valence electrons. The van der Waals surface area contributed by atoms with E-state index in [0.29, 0.717) is 18.0 Å². The third-order valence-corrected chi connectivity index (χ3v) is 8.90. The molecule has 0 bridgehead atoms. The molecule has 1 aromatic carbocycles. The minimum atomic E-state index is -3.62. The zero-order valence-corrected chi connectivity index (χ0v) is 18.0. The third kappa shape index (κ3) is 4.31. The van der Waals surface area contributed by atoms with Crippen molar-refractivity contribution in [1.29, 1.82) is 0 Å². The number of hydrogen-bond acceptors (Lipinski definition) is 5. The summed E-state index contributed by atoms with van der Waals surface area (Å²) in [6.07, 6.45) is 1.70. The van der Waals surface area contributed by atoms with Gasteiger partial charge in [-0.15, -0.1) is 0 Å². The Kier molecular flexibility index (Phi) is 5.71. The lowest BCUT2D eigenvalue weighted by atomic mass is 10.1. The molecule has 0 aromatic heterocycles. The van der Waals surface area contributed by atoms with Crippen LogP contribution in [-0.2, 0) is 24.7 Å². The first kappa shape index (κ1) is 21.0. The number of sulfone groups is 1.